The molecule has 114 valence electrons. The van der Waals surface area contributed by atoms with E-state index in [0.717, 1.165) is 28.4 Å². The molecule has 1 atom stereocenters. The smallest absolute Gasteiger partial charge is 0.313 e. The molecule has 0 fully saturated rings. The quantitative estimate of drug-likeness (QED) is 0.784. The highest BCUT2D eigenvalue weighted by Crippen LogP contribution is 2.30. The Kier molecular flexibility index (Phi) is 5.58. The summed E-state index contributed by atoms with van der Waals surface area (Å²) in [5.74, 6) is 0.305. The molecule has 4 nitrogen and oxygen atoms in total. The molecule has 1 N–H and O–H groups in total. The molecule has 0 radical (unpaired) electrons. The number of carboxylic acid groups (broad SMARTS) is 1. The van der Waals surface area contributed by atoms with Crippen LogP contribution in [0.15, 0.2) is 23.4 Å². The lowest BCUT2D eigenvalue weighted by atomic mass is 10.2. The summed E-state index contributed by atoms with van der Waals surface area (Å²) in [5.41, 5.74) is 3.19. The molecule has 0 bridgehead atoms. The Bertz CT molecular complexity index is 640. The van der Waals surface area contributed by atoms with Gasteiger partial charge in [0, 0.05) is 6.04 Å². The summed E-state index contributed by atoms with van der Waals surface area (Å²) in [6.45, 7) is 4.21. The van der Waals surface area contributed by atoms with Crippen LogP contribution < -0.4 is 0 Å². The first kappa shape index (κ1) is 16.2. The number of benzene rings is 1. The molecule has 1 aromatic carbocycles. The third-order valence-electron chi connectivity index (χ3n) is 3.32. The fourth-order valence-electron chi connectivity index (χ4n) is 2.26. The Balaban J connectivity index is 2.41. The second kappa shape index (κ2) is 7.22. The number of hydrogen-bond acceptors (Lipinski definition) is 4. The Morgan fingerprint density at radius 3 is 2.90 bits per heavy atom. The van der Waals surface area contributed by atoms with Crippen molar-refractivity contribution in [1.29, 1.82) is 0 Å². The summed E-state index contributed by atoms with van der Waals surface area (Å²) in [5, 5.41) is 9.70. The van der Waals surface area contributed by atoms with Crippen molar-refractivity contribution in [3.05, 3.63) is 23.8 Å². The average molecular weight is 324 g/mol. The van der Waals surface area contributed by atoms with Crippen LogP contribution in [0, 0.1) is 6.92 Å². The molecule has 0 aliphatic heterocycles. The number of thioether (sulfide) groups is 2. The van der Waals surface area contributed by atoms with E-state index < -0.39 is 5.97 Å². The predicted molar refractivity (Wildman–Crippen MR) is 90.5 cm³/mol. The number of carboxylic acids is 1. The molecule has 6 heteroatoms. The lowest BCUT2D eigenvalue weighted by Gasteiger charge is -2.16. The van der Waals surface area contributed by atoms with Gasteiger partial charge in [0.05, 0.1) is 16.8 Å². The van der Waals surface area contributed by atoms with E-state index in [4.69, 9.17) is 5.11 Å². The van der Waals surface area contributed by atoms with Crippen LogP contribution in [0.25, 0.3) is 11.0 Å². The second-order valence-electron chi connectivity index (χ2n) is 5.07. The number of aromatic nitrogens is 2. The number of hydrogen-bond donors (Lipinski definition) is 1. The minimum absolute atomic E-state index is 0.0392. The van der Waals surface area contributed by atoms with Crippen LogP contribution in [0.3, 0.4) is 0 Å². The first-order valence-corrected chi connectivity index (χ1v) is 9.23. The zero-order chi connectivity index (χ0) is 15.4. The van der Waals surface area contributed by atoms with Gasteiger partial charge in [-0.2, -0.15) is 11.8 Å². The summed E-state index contributed by atoms with van der Waals surface area (Å²) in [6, 6.07) is 6.52. The minimum atomic E-state index is -0.813. The van der Waals surface area contributed by atoms with Crippen molar-refractivity contribution in [3.63, 3.8) is 0 Å². The van der Waals surface area contributed by atoms with Gasteiger partial charge in [0.1, 0.15) is 0 Å². The Morgan fingerprint density at radius 1 is 1.48 bits per heavy atom. The zero-order valence-corrected chi connectivity index (χ0v) is 14.1. The molecule has 1 heterocycles. The van der Waals surface area contributed by atoms with E-state index >= 15 is 0 Å². The fourth-order valence-corrected chi connectivity index (χ4v) is 3.67. The highest BCUT2D eigenvalue weighted by atomic mass is 32.2. The van der Waals surface area contributed by atoms with Crippen molar-refractivity contribution in [1.82, 2.24) is 9.55 Å². The van der Waals surface area contributed by atoms with Crippen molar-refractivity contribution >= 4 is 40.5 Å². The summed E-state index contributed by atoms with van der Waals surface area (Å²) >= 11 is 3.12. The van der Waals surface area contributed by atoms with E-state index in [1.165, 1.54) is 17.3 Å². The SMILES string of the molecule is CSCCC(C)n1c(SCC(=O)O)nc2cc(C)ccc21. The van der Waals surface area contributed by atoms with Crippen molar-refractivity contribution in [2.45, 2.75) is 31.5 Å². The van der Waals surface area contributed by atoms with Crippen molar-refractivity contribution < 1.29 is 9.90 Å². The summed E-state index contributed by atoms with van der Waals surface area (Å²) in [7, 11) is 0. The highest BCUT2D eigenvalue weighted by molar-refractivity contribution is 7.99. The second-order valence-corrected chi connectivity index (χ2v) is 7.00. The first-order chi connectivity index (χ1) is 10.0. The largest absolute Gasteiger partial charge is 0.481 e. The molecular weight excluding hydrogens is 304 g/mol. The van der Waals surface area contributed by atoms with Gasteiger partial charge in [-0.1, -0.05) is 17.8 Å². The van der Waals surface area contributed by atoms with Crippen LogP contribution in [0.5, 0.6) is 0 Å². The van der Waals surface area contributed by atoms with Crippen molar-refractivity contribution in [2.24, 2.45) is 0 Å². The van der Waals surface area contributed by atoms with Gasteiger partial charge < -0.3 is 9.67 Å². The molecule has 0 aliphatic rings. The molecule has 0 saturated heterocycles. The van der Waals surface area contributed by atoms with Gasteiger partial charge in [-0.25, -0.2) is 4.98 Å². The minimum Gasteiger partial charge on any atom is -0.481 e. The Morgan fingerprint density at radius 2 is 2.24 bits per heavy atom. The number of carbonyl (C=O) groups is 1. The number of aryl methyl sites for hydroxylation is 1. The van der Waals surface area contributed by atoms with E-state index in [0.29, 0.717) is 6.04 Å². The highest BCUT2D eigenvalue weighted by Gasteiger charge is 2.17. The van der Waals surface area contributed by atoms with Crippen LogP contribution in [0.2, 0.25) is 0 Å². The van der Waals surface area contributed by atoms with Gasteiger partial charge in [-0.3, -0.25) is 4.79 Å². The topological polar surface area (TPSA) is 55.1 Å². The van der Waals surface area contributed by atoms with Crippen LogP contribution in [-0.2, 0) is 4.79 Å². The lowest BCUT2D eigenvalue weighted by molar-refractivity contribution is -0.133. The van der Waals surface area contributed by atoms with E-state index in [-0.39, 0.29) is 5.75 Å². The van der Waals surface area contributed by atoms with Gasteiger partial charge in [0.25, 0.3) is 0 Å². The molecule has 2 rings (SSSR count). The Labute approximate surface area is 133 Å². The zero-order valence-electron chi connectivity index (χ0n) is 12.5. The molecule has 21 heavy (non-hydrogen) atoms. The molecule has 1 aromatic heterocycles. The third-order valence-corrected chi connectivity index (χ3v) is 4.90. The van der Waals surface area contributed by atoms with E-state index in [1.807, 2.05) is 18.7 Å². The molecule has 0 aliphatic carbocycles. The van der Waals surface area contributed by atoms with Crippen LogP contribution in [0.1, 0.15) is 24.9 Å². The van der Waals surface area contributed by atoms with Gasteiger partial charge in [-0.05, 0) is 50.0 Å². The maximum absolute atomic E-state index is 10.8. The molecule has 1 unspecified atom stereocenters. The normalized spacial score (nSPS) is 12.7. The maximum atomic E-state index is 10.8. The van der Waals surface area contributed by atoms with Crippen molar-refractivity contribution in [2.75, 3.05) is 17.8 Å². The number of aliphatic carboxylic acids is 1. The number of imidazole rings is 1. The van der Waals surface area contributed by atoms with Gasteiger partial charge >= 0.3 is 5.97 Å². The van der Waals surface area contributed by atoms with E-state index in [9.17, 15) is 4.79 Å². The maximum Gasteiger partial charge on any atom is 0.313 e. The molecular formula is C15H20N2O2S2. The van der Waals surface area contributed by atoms with Gasteiger partial charge in [-0.15, -0.1) is 0 Å². The summed E-state index contributed by atoms with van der Waals surface area (Å²) < 4.78 is 2.18. The standard InChI is InChI=1S/C15H20N2O2S2/c1-10-4-5-13-12(8-10)16-15(21-9-14(18)19)17(13)11(2)6-7-20-3/h4-5,8,11H,6-7,9H2,1-3H3,(H,18,19). The third kappa shape index (κ3) is 3.95. The first-order valence-electron chi connectivity index (χ1n) is 6.85. The van der Waals surface area contributed by atoms with Crippen molar-refractivity contribution in [3.8, 4) is 0 Å². The molecule has 0 spiro atoms. The summed E-state index contributed by atoms with van der Waals surface area (Å²) in [6.07, 6.45) is 3.14. The van der Waals surface area contributed by atoms with Gasteiger partial charge in [0.15, 0.2) is 5.16 Å². The van der Waals surface area contributed by atoms with E-state index in [2.05, 4.69) is 40.9 Å². The molecule has 0 amide bonds. The van der Waals surface area contributed by atoms with E-state index in [1.54, 1.807) is 0 Å². The van der Waals surface area contributed by atoms with Crippen LogP contribution >= 0.6 is 23.5 Å². The number of rotatable bonds is 7. The van der Waals surface area contributed by atoms with Crippen LogP contribution in [-0.4, -0.2) is 38.4 Å². The number of nitrogens with zero attached hydrogens (tertiary/aromatic N) is 2. The average Bonchev–Trinajstić information content (AvgIpc) is 2.79. The summed E-state index contributed by atoms with van der Waals surface area (Å²) in [4.78, 5) is 15.5. The van der Waals surface area contributed by atoms with Crippen LogP contribution in [0.4, 0.5) is 0 Å². The monoisotopic (exact) mass is 324 g/mol. The number of fused-ring (bicyclic) bond motifs is 1. The lowest BCUT2D eigenvalue weighted by Crippen LogP contribution is -2.09. The molecule has 2 aromatic rings. The predicted octanol–water partition coefficient (Wildman–Crippen LogP) is 3.84. The van der Waals surface area contributed by atoms with Gasteiger partial charge in [0.2, 0.25) is 0 Å². The fraction of sp³-hybridized carbons (Fsp3) is 0.467. The Hall–Kier alpha value is -1.14. The molecule has 0 saturated carbocycles.